The van der Waals surface area contributed by atoms with Crippen LogP contribution in [0.1, 0.15) is 0 Å². The molecule has 7 aromatic carbocycles. The standard InChI is InChI=1S/C49H29N5/c1-2-11-30(12-3-1)40-25-23-31-21-22-32-24-26-42(53-48(32)47(31)51-40)43-27-28-50-49(54-43)34-14-10-13-33(29-34)46-45-38-18-7-5-16-36(38)35-15-4-6-17-37(35)44(45)39-19-8-9-20-41(39)52-46/h1-29H. The number of aromatic nitrogens is 5. The van der Waals surface area contributed by atoms with Gasteiger partial charge >= 0.3 is 0 Å². The summed E-state index contributed by atoms with van der Waals surface area (Å²) in [5.41, 5.74) is 9.03. The molecular formula is C49H29N5. The van der Waals surface area contributed by atoms with Crippen molar-refractivity contribution in [1.29, 1.82) is 0 Å². The van der Waals surface area contributed by atoms with Gasteiger partial charge in [0.1, 0.15) is 0 Å². The second-order valence-corrected chi connectivity index (χ2v) is 13.6. The third-order valence-corrected chi connectivity index (χ3v) is 10.5. The Morgan fingerprint density at radius 1 is 0.333 bits per heavy atom. The molecule has 0 radical (unpaired) electrons. The zero-order chi connectivity index (χ0) is 35.6. The zero-order valence-electron chi connectivity index (χ0n) is 29.0. The second kappa shape index (κ2) is 12.1. The van der Waals surface area contributed by atoms with Crippen molar-refractivity contribution in [3.63, 3.8) is 0 Å². The van der Waals surface area contributed by atoms with Crippen molar-refractivity contribution in [1.82, 2.24) is 24.9 Å². The topological polar surface area (TPSA) is 64.5 Å². The number of rotatable bonds is 4. The molecule has 5 nitrogen and oxygen atoms in total. The quantitative estimate of drug-likeness (QED) is 0.172. The van der Waals surface area contributed by atoms with Crippen LogP contribution in [0.2, 0.25) is 0 Å². The molecule has 0 amide bonds. The fraction of sp³-hybridized carbons (Fsp3) is 0. The molecule has 0 saturated heterocycles. The maximum Gasteiger partial charge on any atom is 0.159 e. The smallest absolute Gasteiger partial charge is 0.159 e. The van der Waals surface area contributed by atoms with E-state index in [1.807, 2.05) is 36.5 Å². The van der Waals surface area contributed by atoms with Crippen LogP contribution < -0.4 is 0 Å². The largest absolute Gasteiger partial charge is 0.247 e. The van der Waals surface area contributed by atoms with Gasteiger partial charge in [-0.05, 0) is 51.9 Å². The van der Waals surface area contributed by atoms with Crippen molar-refractivity contribution in [2.75, 3.05) is 0 Å². The van der Waals surface area contributed by atoms with Gasteiger partial charge in [-0.15, -0.1) is 0 Å². The molecule has 0 fully saturated rings. The van der Waals surface area contributed by atoms with E-state index in [9.17, 15) is 0 Å². The molecule has 0 bridgehead atoms. The highest BCUT2D eigenvalue weighted by Crippen LogP contribution is 2.43. The average molecular weight is 688 g/mol. The first-order chi connectivity index (χ1) is 26.8. The Balaban J connectivity index is 1.07. The molecule has 0 spiro atoms. The first-order valence-corrected chi connectivity index (χ1v) is 18.1. The van der Waals surface area contributed by atoms with Crippen molar-refractivity contribution >= 4 is 65.0 Å². The fourth-order valence-corrected chi connectivity index (χ4v) is 7.96. The van der Waals surface area contributed by atoms with Crippen molar-refractivity contribution in [3.8, 4) is 45.3 Å². The normalized spacial score (nSPS) is 11.7. The van der Waals surface area contributed by atoms with Crippen LogP contribution in [-0.4, -0.2) is 24.9 Å². The molecule has 0 unspecified atom stereocenters. The highest BCUT2D eigenvalue weighted by Gasteiger charge is 2.18. The van der Waals surface area contributed by atoms with Crippen LogP contribution in [0.3, 0.4) is 0 Å². The van der Waals surface area contributed by atoms with Crippen molar-refractivity contribution in [2.45, 2.75) is 0 Å². The van der Waals surface area contributed by atoms with Gasteiger partial charge in [-0.1, -0.05) is 140 Å². The summed E-state index contributed by atoms with van der Waals surface area (Å²) in [4.78, 5) is 25.4. The van der Waals surface area contributed by atoms with Gasteiger partial charge in [0, 0.05) is 49.8 Å². The third-order valence-electron chi connectivity index (χ3n) is 10.5. The van der Waals surface area contributed by atoms with Crippen LogP contribution in [0.25, 0.3) is 110 Å². The summed E-state index contributed by atoms with van der Waals surface area (Å²) >= 11 is 0. The Bertz CT molecular complexity index is 3280. The fourth-order valence-electron chi connectivity index (χ4n) is 7.96. The van der Waals surface area contributed by atoms with Gasteiger partial charge in [0.05, 0.1) is 39.3 Å². The molecular weight excluding hydrogens is 659 g/mol. The lowest BCUT2D eigenvalue weighted by molar-refractivity contribution is 1.17. The Morgan fingerprint density at radius 3 is 1.65 bits per heavy atom. The van der Waals surface area contributed by atoms with E-state index >= 15 is 0 Å². The van der Waals surface area contributed by atoms with E-state index in [0.29, 0.717) is 5.82 Å². The molecule has 0 aliphatic rings. The van der Waals surface area contributed by atoms with Crippen LogP contribution in [-0.2, 0) is 0 Å². The Labute approximate surface area is 310 Å². The van der Waals surface area contributed by atoms with Gasteiger partial charge < -0.3 is 0 Å². The monoisotopic (exact) mass is 687 g/mol. The van der Waals surface area contributed by atoms with Crippen LogP contribution in [0.4, 0.5) is 0 Å². The summed E-state index contributed by atoms with van der Waals surface area (Å²) in [7, 11) is 0. The van der Waals surface area contributed by atoms with E-state index in [1.165, 1.54) is 26.9 Å². The minimum atomic E-state index is 0.624. The van der Waals surface area contributed by atoms with Gasteiger partial charge in [0.15, 0.2) is 5.82 Å². The molecule has 0 N–H and O–H groups in total. The third kappa shape index (κ3) is 4.83. The number of para-hydroxylation sites is 1. The lowest BCUT2D eigenvalue weighted by atomic mass is 9.90. The second-order valence-electron chi connectivity index (χ2n) is 13.6. The maximum absolute atomic E-state index is 5.35. The van der Waals surface area contributed by atoms with Gasteiger partial charge in [-0.2, -0.15) is 0 Å². The van der Waals surface area contributed by atoms with Crippen molar-refractivity contribution < 1.29 is 0 Å². The van der Waals surface area contributed by atoms with Crippen molar-refractivity contribution in [2.24, 2.45) is 0 Å². The highest BCUT2D eigenvalue weighted by molar-refractivity contribution is 6.33. The lowest BCUT2D eigenvalue weighted by Crippen LogP contribution is -1.96. The maximum atomic E-state index is 5.35. The molecule has 11 rings (SSSR count). The average Bonchev–Trinajstić information content (AvgIpc) is 3.26. The van der Waals surface area contributed by atoms with Crippen molar-refractivity contribution in [3.05, 3.63) is 176 Å². The van der Waals surface area contributed by atoms with Gasteiger partial charge in [-0.3, -0.25) is 0 Å². The van der Waals surface area contributed by atoms with Gasteiger partial charge in [0.25, 0.3) is 0 Å². The summed E-state index contributed by atoms with van der Waals surface area (Å²) < 4.78 is 0. The SMILES string of the molecule is c1ccc(-c2ccc3ccc4ccc(-c5ccnc(-c6cccc(-c7nc8ccccc8c8c9ccccc9c9ccccc9c78)c6)n5)nc4c3n2)cc1. The van der Waals surface area contributed by atoms with E-state index in [4.69, 9.17) is 24.9 Å². The summed E-state index contributed by atoms with van der Waals surface area (Å²) in [5.74, 6) is 0.624. The van der Waals surface area contributed by atoms with E-state index in [-0.39, 0.29) is 0 Å². The molecule has 4 heterocycles. The molecule has 5 heteroatoms. The number of pyridine rings is 3. The van der Waals surface area contributed by atoms with E-state index in [2.05, 4.69) is 140 Å². The molecule has 0 atom stereocenters. The number of hydrogen-bond acceptors (Lipinski definition) is 5. The van der Waals surface area contributed by atoms with E-state index in [1.54, 1.807) is 0 Å². The summed E-state index contributed by atoms with van der Waals surface area (Å²) in [5, 5.41) is 10.4. The van der Waals surface area contributed by atoms with Crippen LogP contribution >= 0.6 is 0 Å². The summed E-state index contributed by atoms with van der Waals surface area (Å²) in [6, 6.07) is 59.0. The molecule has 11 aromatic rings. The molecule has 4 aromatic heterocycles. The summed E-state index contributed by atoms with van der Waals surface area (Å²) in [6.07, 6.45) is 1.81. The minimum absolute atomic E-state index is 0.624. The van der Waals surface area contributed by atoms with E-state index in [0.717, 1.165) is 77.6 Å². The van der Waals surface area contributed by atoms with Gasteiger partial charge in [-0.25, -0.2) is 24.9 Å². The molecule has 0 aliphatic carbocycles. The zero-order valence-corrected chi connectivity index (χ0v) is 29.0. The van der Waals surface area contributed by atoms with Crippen LogP contribution in [0.5, 0.6) is 0 Å². The Hall–Kier alpha value is -7.37. The first-order valence-electron chi connectivity index (χ1n) is 18.1. The predicted octanol–water partition coefficient (Wildman–Crippen LogP) is 12.2. The molecule has 0 saturated carbocycles. The van der Waals surface area contributed by atoms with Crippen LogP contribution in [0.15, 0.2) is 176 Å². The van der Waals surface area contributed by atoms with E-state index < -0.39 is 0 Å². The number of benzene rings is 7. The first kappa shape index (κ1) is 30.3. The molecule has 54 heavy (non-hydrogen) atoms. The summed E-state index contributed by atoms with van der Waals surface area (Å²) in [6.45, 7) is 0. The molecule has 250 valence electrons. The Kier molecular flexibility index (Phi) is 6.79. The number of nitrogens with zero attached hydrogens (tertiary/aromatic N) is 5. The van der Waals surface area contributed by atoms with Gasteiger partial charge in [0.2, 0.25) is 0 Å². The molecule has 0 aliphatic heterocycles. The van der Waals surface area contributed by atoms with Crippen LogP contribution in [0, 0.1) is 0 Å². The minimum Gasteiger partial charge on any atom is -0.247 e. The highest BCUT2D eigenvalue weighted by atomic mass is 14.9. The number of fused-ring (bicyclic) bond motifs is 11. The lowest BCUT2D eigenvalue weighted by Gasteiger charge is -2.16. The Morgan fingerprint density at radius 2 is 0.889 bits per heavy atom. The predicted molar refractivity (Wildman–Crippen MR) is 222 cm³/mol. The number of hydrogen-bond donors (Lipinski definition) is 0.